The average molecular weight is 387 g/mol. The molecule has 1 aliphatic rings. The summed E-state index contributed by atoms with van der Waals surface area (Å²) in [6, 6.07) is 11.9. The number of para-hydroxylation sites is 1. The fraction of sp³-hybridized carbons (Fsp3) is 0.261. The van der Waals surface area contributed by atoms with E-state index in [2.05, 4.69) is 46.6 Å². The maximum absolute atomic E-state index is 12.3. The number of rotatable bonds is 6. The number of carbonyl (C=O) groups excluding carboxylic acids is 1. The van der Waals surface area contributed by atoms with Gasteiger partial charge in [-0.3, -0.25) is 14.6 Å². The van der Waals surface area contributed by atoms with E-state index in [1.54, 1.807) is 0 Å². The lowest BCUT2D eigenvalue weighted by atomic mass is 10.0. The van der Waals surface area contributed by atoms with Crippen LogP contribution in [-0.2, 0) is 6.54 Å². The average Bonchev–Trinajstić information content (AvgIpc) is 3.33. The van der Waals surface area contributed by atoms with Gasteiger partial charge in [-0.05, 0) is 44.5 Å². The Hall–Kier alpha value is -3.41. The molecule has 0 spiro atoms. The molecule has 0 amide bonds. The van der Waals surface area contributed by atoms with Crippen LogP contribution in [0.3, 0.4) is 0 Å². The minimum absolute atomic E-state index is 0.140. The van der Waals surface area contributed by atoms with Crippen LogP contribution in [0.25, 0.3) is 5.57 Å². The van der Waals surface area contributed by atoms with E-state index in [0.717, 1.165) is 46.0 Å². The molecule has 6 nitrogen and oxygen atoms in total. The van der Waals surface area contributed by atoms with Gasteiger partial charge in [0.25, 0.3) is 0 Å². The van der Waals surface area contributed by atoms with E-state index in [1.165, 1.54) is 0 Å². The molecule has 4 rings (SSSR count). The zero-order valence-corrected chi connectivity index (χ0v) is 17.0. The molecule has 0 atom stereocenters. The van der Waals surface area contributed by atoms with Gasteiger partial charge in [-0.2, -0.15) is 10.2 Å². The van der Waals surface area contributed by atoms with Crippen molar-refractivity contribution < 1.29 is 4.79 Å². The number of H-pyrrole nitrogens is 1. The highest BCUT2D eigenvalue weighted by Gasteiger charge is 2.17. The topological polar surface area (TPSA) is 66.8 Å². The number of Topliss-reactive ketones (excluding diaryl/α,β-unsaturated/α-hetero) is 1. The Morgan fingerprint density at radius 2 is 2.03 bits per heavy atom. The van der Waals surface area contributed by atoms with Crippen molar-refractivity contribution in [2.24, 2.45) is 0 Å². The minimum atomic E-state index is 0.140. The molecule has 6 heteroatoms. The summed E-state index contributed by atoms with van der Waals surface area (Å²) in [5.74, 6) is 0.140. The van der Waals surface area contributed by atoms with Crippen molar-refractivity contribution in [1.29, 1.82) is 0 Å². The number of aryl methyl sites for hydroxylation is 2. The maximum atomic E-state index is 12.3. The molecule has 3 aromatic rings. The van der Waals surface area contributed by atoms with Gasteiger partial charge in [0.1, 0.15) is 0 Å². The zero-order valence-electron chi connectivity index (χ0n) is 17.0. The highest BCUT2D eigenvalue weighted by Crippen LogP contribution is 2.29. The van der Waals surface area contributed by atoms with Crippen molar-refractivity contribution in [2.45, 2.75) is 40.2 Å². The molecule has 0 saturated heterocycles. The van der Waals surface area contributed by atoms with Gasteiger partial charge in [0.2, 0.25) is 0 Å². The number of allylic oxidation sites excluding steroid dienone is 2. The summed E-state index contributed by atoms with van der Waals surface area (Å²) in [5, 5.41) is 12.2. The Balaban J connectivity index is 1.59. The van der Waals surface area contributed by atoms with Gasteiger partial charge in [0.15, 0.2) is 5.78 Å². The number of aromatic nitrogens is 4. The van der Waals surface area contributed by atoms with Crippen molar-refractivity contribution in [3.8, 4) is 0 Å². The van der Waals surface area contributed by atoms with Crippen LogP contribution < -0.4 is 4.90 Å². The van der Waals surface area contributed by atoms with Crippen molar-refractivity contribution in [2.75, 3.05) is 4.90 Å². The molecule has 0 bridgehead atoms. The van der Waals surface area contributed by atoms with E-state index in [1.807, 2.05) is 53.9 Å². The highest BCUT2D eigenvalue weighted by atomic mass is 16.1. The number of aromatic amines is 1. The van der Waals surface area contributed by atoms with Crippen LogP contribution in [0.2, 0.25) is 0 Å². The maximum Gasteiger partial charge on any atom is 0.164 e. The second kappa shape index (κ2) is 7.91. The van der Waals surface area contributed by atoms with E-state index < -0.39 is 0 Å². The lowest BCUT2D eigenvalue weighted by Crippen LogP contribution is -2.15. The lowest BCUT2D eigenvalue weighted by molar-refractivity contribution is 0.0989. The molecule has 1 N–H and O–H groups in total. The second-order valence-corrected chi connectivity index (χ2v) is 7.31. The Labute approximate surface area is 170 Å². The third kappa shape index (κ3) is 3.92. The molecule has 2 aromatic heterocycles. The van der Waals surface area contributed by atoms with E-state index in [-0.39, 0.29) is 5.78 Å². The summed E-state index contributed by atoms with van der Waals surface area (Å²) in [4.78, 5) is 14.3. The van der Waals surface area contributed by atoms with Gasteiger partial charge >= 0.3 is 0 Å². The third-order valence-electron chi connectivity index (χ3n) is 5.09. The first kappa shape index (κ1) is 18.9. The zero-order chi connectivity index (χ0) is 20.4. The molecule has 148 valence electrons. The number of anilines is 1. The lowest BCUT2D eigenvalue weighted by Gasteiger charge is -2.23. The van der Waals surface area contributed by atoms with Gasteiger partial charge in [0, 0.05) is 35.7 Å². The molecule has 3 heterocycles. The van der Waals surface area contributed by atoms with Crippen LogP contribution in [0, 0.1) is 13.8 Å². The molecular formula is C23H25N5O. The van der Waals surface area contributed by atoms with E-state index >= 15 is 0 Å². The van der Waals surface area contributed by atoms with Crippen molar-refractivity contribution in [3.63, 3.8) is 0 Å². The summed E-state index contributed by atoms with van der Waals surface area (Å²) in [6.07, 6.45) is 7.45. The summed E-state index contributed by atoms with van der Waals surface area (Å²) in [6.45, 7) is 6.60. The molecule has 1 aromatic carbocycles. The first-order valence-corrected chi connectivity index (χ1v) is 9.88. The summed E-state index contributed by atoms with van der Waals surface area (Å²) in [5.41, 5.74) is 6.79. The summed E-state index contributed by atoms with van der Waals surface area (Å²) >= 11 is 0. The van der Waals surface area contributed by atoms with Crippen LogP contribution in [0.1, 0.15) is 52.9 Å². The fourth-order valence-electron chi connectivity index (χ4n) is 3.61. The summed E-state index contributed by atoms with van der Waals surface area (Å²) < 4.78 is 1.97. The van der Waals surface area contributed by atoms with Crippen LogP contribution in [0.4, 0.5) is 5.69 Å². The number of hydrogen-bond donors (Lipinski definition) is 1. The highest BCUT2D eigenvalue weighted by molar-refractivity contribution is 6.01. The molecule has 0 saturated carbocycles. The Morgan fingerprint density at radius 1 is 1.21 bits per heavy atom. The molecule has 29 heavy (non-hydrogen) atoms. The van der Waals surface area contributed by atoms with Gasteiger partial charge in [0.05, 0.1) is 29.3 Å². The van der Waals surface area contributed by atoms with Crippen molar-refractivity contribution in [3.05, 3.63) is 83.2 Å². The first-order chi connectivity index (χ1) is 14.0. The molecule has 1 aliphatic heterocycles. The number of benzene rings is 1. The monoisotopic (exact) mass is 387 g/mol. The van der Waals surface area contributed by atoms with Gasteiger partial charge in [-0.1, -0.05) is 25.1 Å². The quantitative estimate of drug-likeness (QED) is 0.626. The SMILES string of the molecule is CCC(=O)c1ccccc1N1C=CCC(c2cc(Cn3nc(C)cc3C)[nH]n2)=C1. The normalized spacial score (nSPS) is 13.6. The van der Waals surface area contributed by atoms with Crippen molar-refractivity contribution >= 4 is 17.0 Å². The number of nitrogens with zero attached hydrogens (tertiary/aromatic N) is 4. The Morgan fingerprint density at radius 3 is 2.79 bits per heavy atom. The van der Waals surface area contributed by atoms with Crippen LogP contribution >= 0.6 is 0 Å². The molecule has 0 fully saturated rings. The predicted octanol–water partition coefficient (Wildman–Crippen LogP) is 4.63. The molecule has 0 aliphatic carbocycles. The Kier molecular flexibility index (Phi) is 5.16. The Bertz CT molecular complexity index is 1100. The molecular weight excluding hydrogens is 362 g/mol. The number of carbonyl (C=O) groups is 1. The summed E-state index contributed by atoms with van der Waals surface area (Å²) in [7, 11) is 0. The van der Waals surface area contributed by atoms with Crippen molar-refractivity contribution in [1.82, 2.24) is 20.0 Å². The first-order valence-electron chi connectivity index (χ1n) is 9.88. The molecule has 0 unspecified atom stereocenters. The predicted molar refractivity (Wildman–Crippen MR) is 115 cm³/mol. The van der Waals surface area contributed by atoms with Gasteiger partial charge < -0.3 is 4.90 Å². The number of ketones is 1. The fourth-order valence-corrected chi connectivity index (χ4v) is 3.61. The van der Waals surface area contributed by atoms with E-state index in [0.29, 0.717) is 13.0 Å². The van der Waals surface area contributed by atoms with Crippen LogP contribution in [0.15, 0.2) is 54.9 Å². The van der Waals surface area contributed by atoms with Gasteiger partial charge in [-0.15, -0.1) is 0 Å². The van der Waals surface area contributed by atoms with E-state index in [4.69, 9.17) is 0 Å². The van der Waals surface area contributed by atoms with Crippen LogP contribution in [0.5, 0.6) is 0 Å². The second-order valence-electron chi connectivity index (χ2n) is 7.31. The largest absolute Gasteiger partial charge is 0.323 e. The van der Waals surface area contributed by atoms with E-state index in [9.17, 15) is 4.79 Å². The van der Waals surface area contributed by atoms with Gasteiger partial charge in [-0.25, -0.2) is 0 Å². The van der Waals surface area contributed by atoms with Crippen LogP contribution in [-0.4, -0.2) is 25.8 Å². The standard InChI is InChI=1S/C23H25N5O/c1-4-23(29)20-9-5-6-10-22(20)27-11-7-8-18(14-27)21-13-19(24-25-21)15-28-17(3)12-16(2)26-28/h5-7,9-14H,4,8,15H2,1-3H3,(H,24,25). The number of nitrogens with one attached hydrogen (secondary N) is 1. The minimum Gasteiger partial charge on any atom is -0.323 e. The smallest absolute Gasteiger partial charge is 0.164 e. The molecule has 0 radical (unpaired) electrons. The number of hydrogen-bond acceptors (Lipinski definition) is 4. The third-order valence-corrected chi connectivity index (χ3v) is 5.09.